The van der Waals surface area contributed by atoms with Crippen molar-refractivity contribution in [3.8, 4) is 17.1 Å². The fourth-order valence-corrected chi connectivity index (χ4v) is 3.02. The number of halogens is 1. The summed E-state index contributed by atoms with van der Waals surface area (Å²) in [6, 6.07) is 4.31. The van der Waals surface area contributed by atoms with E-state index in [1.165, 1.54) is 19.2 Å². The lowest BCUT2D eigenvalue weighted by molar-refractivity contribution is 0.0951. The zero-order valence-corrected chi connectivity index (χ0v) is 15.7. The minimum absolute atomic E-state index is 0.0800. The van der Waals surface area contributed by atoms with E-state index in [2.05, 4.69) is 24.3 Å². The molecule has 1 unspecified atom stereocenters. The van der Waals surface area contributed by atoms with Gasteiger partial charge in [-0.3, -0.25) is 4.79 Å². The highest BCUT2D eigenvalue weighted by Gasteiger charge is 2.45. The minimum Gasteiger partial charge on any atom is -0.494 e. The van der Waals surface area contributed by atoms with Gasteiger partial charge < -0.3 is 19.5 Å². The number of nitrogens with one attached hydrogen (secondary N) is 1. The number of ether oxygens (including phenoxy) is 1. The van der Waals surface area contributed by atoms with E-state index in [-0.39, 0.29) is 17.1 Å². The number of methoxy groups -OCH3 is 1. The molecular weight excluding hydrogens is 337 g/mol. The molecule has 3 rings (SSSR count). The summed E-state index contributed by atoms with van der Waals surface area (Å²) in [4.78, 5) is 14.6. The number of hydrogen-bond acceptors (Lipinski definition) is 5. The Bertz CT molecular complexity index is 829. The normalized spacial score (nSPS) is 17.7. The van der Waals surface area contributed by atoms with Crippen LogP contribution in [0.15, 0.2) is 22.7 Å². The predicted octanol–water partition coefficient (Wildman–Crippen LogP) is 3.33. The van der Waals surface area contributed by atoms with Gasteiger partial charge >= 0.3 is 0 Å². The average molecular weight is 361 g/mol. The van der Waals surface area contributed by atoms with Crippen molar-refractivity contribution in [3.63, 3.8) is 0 Å². The van der Waals surface area contributed by atoms with Crippen molar-refractivity contribution in [2.75, 3.05) is 32.6 Å². The van der Waals surface area contributed by atoms with E-state index in [1.54, 1.807) is 25.1 Å². The maximum Gasteiger partial charge on any atom is 0.259 e. The third kappa shape index (κ3) is 3.38. The van der Waals surface area contributed by atoms with Gasteiger partial charge in [0.25, 0.3) is 5.91 Å². The minimum atomic E-state index is -0.481. The molecule has 0 aliphatic heterocycles. The van der Waals surface area contributed by atoms with Gasteiger partial charge in [-0.05, 0) is 36.0 Å². The van der Waals surface area contributed by atoms with Gasteiger partial charge in [0.2, 0.25) is 0 Å². The molecule has 1 amide bonds. The Morgan fingerprint density at radius 2 is 2.15 bits per heavy atom. The van der Waals surface area contributed by atoms with E-state index in [9.17, 15) is 9.18 Å². The monoisotopic (exact) mass is 361 g/mol. The Labute approximate surface area is 152 Å². The Morgan fingerprint density at radius 3 is 2.73 bits per heavy atom. The number of carbonyl (C=O) groups excluding carboxylic acids is 1. The molecule has 1 fully saturated rings. The van der Waals surface area contributed by atoms with Crippen molar-refractivity contribution in [2.45, 2.75) is 20.3 Å². The van der Waals surface area contributed by atoms with Crippen LogP contribution in [-0.4, -0.2) is 38.8 Å². The summed E-state index contributed by atoms with van der Waals surface area (Å²) >= 11 is 0. The van der Waals surface area contributed by atoms with Crippen molar-refractivity contribution < 1.29 is 18.4 Å². The van der Waals surface area contributed by atoms with E-state index in [0.29, 0.717) is 35.2 Å². The van der Waals surface area contributed by atoms with Crippen LogP contribution < -0.4 is 15.0 Å². The Morgan fingerprint density at radius 1 is 1.46 bits per heavy atom. The molecule has 140 valence electrons. The third-order valence-corrected chi connectivity index (χ3v) is 4.96. The van der Waals surface area contributed by atoms with Gasteiger partial charge in [-0.2, -0.15) is 0 Å². The number of rotatable bonds is 6. The Kier molecular flexibility index (Phi) is 4.64. The van der Waals surface area contributed by atoms with Gasteiger partial charge in [-0.15, -0.1) is 0 Å². The lowest BCUT2D eigenvalue weighted by Gasteiger charge is -2.12. The van der Waals surface area contributed by atoms with Crippen LogP contribution in [0.4, 0.5) is 10.2 Å². The fraction of sp³-hybridized carbons (Fsp3) is 0.474. The molecule has 1 heterocycles. The maximum absolute atomic E-state index is 13.7. The van der Waals surface area contributed by atoms with Gasteiger partial charge in [-0.25, -0.2) is 4.39 Å². The largest absolute Gasteiger partial charge is 0.494 e. The second-order valence-corrected chi connectivity index (χ2v) is 7.55. The van der Waals surface area contributed by atoms with Crippen molar-refractivity contribution in [1.82, 2.24) is 10.5 Å². The molecule has 1 N–H and O–H groups in total. The van der Waals surface area contributed by atoms with Crippen LogP contribution >= 0.6 is 0 Å². The molecule has 2 aromatic rings. The predicted molar refractivity (Wildman–Crippen MR) is 97.0 cm³/mol. The van der Waals surface area contributed by atoms with Crippen LogP contribution in [0.2, 0.25) is 0 Å². The molecule has 0 radical (unpaired) electrons. The van der Waals surface area contributed by atoms with Crippen molar-refractivity contribution in [3.05, 3.63) is 29.6 Å². The van der Waals surface area contributed by atoms with Gasteiger partial charge in [-0.1, -0.05) is 19.0 Å². The number of aromatic nitrogens is 1. The molecule has 1 aliphatic carbocycles. The van der Waals surface area contributed by atoms with Gasteiger partial charge in [0.15, 0.2) is 23.1 Å². The van der Waals surface area contributed by atoms with Crippen LogP contribution in [0.1, 0.15) is 30.6 Å². The zero-order valence-electron chi connectivity index (χ0n) is 15.7. The first-order chi connectivity index (χ1) is 12.2. The molecule has 0 saturated heterocycles. The van der Waals surface area contributed by atoms with Crippen LogP contribution in [-0.2, 0) is 0 Å². The van der Waals surface area contributed by atoms with Crippen LogP contribution in [0.3, 0.4) is 0 Å². The number of carbonyl (C=O) groups is 1. The molecule has 1 atom stereocenters. The average Bonchev–Trinajstić information content (AvgIpc) is 3.00. The van der Waals surface area contributed by atoms with E-state index in [1.807, 2.05) is 0 Å². The highest BCUT2D eigenvalue weighted by atomic mass is 19.1. The standard InChI is InChI=1S/C19H24FN3O3/c1-19(2)9-12(19)10-21-18(24)15-16(26-22-17(15)23(3)4)11-6-7-13(20)14(8-11)25-5/h6-8,12H,9-10H2,1-5H3,(H,21,24). The highest BCUT2D eigenvalue weighted by molar-refractivity contribution is 6.04. The summed E-state index contributed by atoms with van der Waals surface area (Å²) in [7, 11) is 4.96. The van der Waals surface area contributed by atoms with Gasteiger partial charge in [0.1, 0.15) is 5.56 Å². The summed E-state index contributed by atoms with van der Waals surface area (Å²) < 4.78 is 24.2. The van der Waals surface area contributed by atoms with Gasteiger partial charge in [0, 0.05) is 26.2 Å². The van der Waals surface area contributed by atoms with E-state index >= 15 is 0 Å². The number of nitrogens with zero attached hydrogens (tertiary/aromatic N) is 2. The molecule has 0 spiro atoms. The topological polar surface area (TPSA) is 67.6 Å². The Balaban J connectivity index is 1.92. The Hall–Kier alpha value is -2.57. The first-order valence-corrected chi connectivity index (χ1v) is 8.53. The quantitative estimate of drug-likeness (QED) is 0.855. The smallest absolute Gasteiger partial charge is 0.259 e. The maximum atomic E-state index is 13.7. The summed E-state index contributed by atoms with van der Waals surface area (Å²) in [5, 5.41) is 6.99. The molecule has 7 heteroatoms. The van der Waals surface area contributed by atoms with Crippen LogP contribution in [0.25, 0.3) is 11.3 Å². The molecule has 26 heavy (non-hydrogen) atoms. The summed E-state index contributed by atoms with van der Waals surface area (Å²) in [5.74, 6) is 0.539. The second-order valence-electron chi connectivity index (χ2n) is 7.55. The fourth-order valence-electron chi connectivity index (χ4n) is 3.02. The number of benzene rings is 1. The number of hydrogen-bond donors (Lipinski definition) is 1. The summed E-state index contributed by atoms with van der Waals surface area (Å²) in [5.41, 5.74) is 1.14. The highest BCUT2D eigenvalue weighted by Crippen LogP contribution is 2.51. The number of amides is 1. The molecule has 6 nitrogen and oxygen atoms in total. The summed E-state index contributed by atoms with van der Waals surface area (Å²) in [6.07, 6.45) is 1.10. The molecule has 1 aromatic heterocycles. The molecule has 1 aliphatic rings. The lowest BCUT2D eigenvalue weighted by atomic mass is 10.1. The van der Waals surface area contributed by atoms with E-state index < -0.39 is 5.82 Å². The third-order valence-electron chi connectivity index (χ3n) is 4.96. The molecule has 1 saturated carbocycles. The lowest BCUT2D eigenvalue weighted by Crippen LogP contribution is -2.28. The zero-order chi connectivity index (χ0) is 19.1. The van der Waals surface area contributed by atoms with E-state index in [0.717, 1.165) is 6.42 Å². The second kappa shape index (κ2) is 6.63. The molecule has 0 bridgehead atoms. The molecule has 1 aromatic carbocycles. The number of anilines is 1. The van der Waals surface area contributed by atoms with Crippen molar-refractivity contribution in [2.24, 2.45) is 11.3 Å². The van der Waals surface area contributed by atoms with Gasteiger partial charge in [0.05, 0.1) is 7.11 Å². The SMILES string of the molecule is COc1cc(-c2onc(N(C)C)c2C(=O)NCC2CC2(C)C)ccc1F. The first-order valence-electron chi connectivity index (χ1n) is 8.53. The molecular formula is C19H24FN3O3. The van der Waals surface area contributed by atoms with Crippen molar-refractivity contribution in [1.29, 1.82) is 0 Å². The van der Waals surface area contributed by atoms with Crippen LogP contribution in [0.5, 0.6) is 5.75 Å². The summed E-state index contributed by atoms with van der Waals surface area (Å²) in [6.45, 7) is 4.98. The van der Waals surface area contributed by atoms with Crippen molar-refractivity contribution >= 4 is 11.7 Å². The van der Waals surface area contributed by atoms with Crippen LogP contribution in [0, 0.1) is 17.2 Å². The first kappa shape index (κ1) is 18.2. The van der Waals surface area contributed by atoms with E-state index in [4.69, 9.17) is 9.26 Å².